The molecule has 0 bridgehead atoms. The second-order valence-corrected chi connectivity index (χ2v) is 7.91. The maximum Gasteiger partial charge on any atom is 0.410 e. The molecule has 2 rings (SSSR count). The molecule has 0 spiro atoms. The van der Waals surface area contributed by atoms with Gasteiger partial charge in [-0.25, -0.2) is 13.6 Å². The first-order valence-electron chi connectivity index (χ1n) is 9.26. The Morgan fingerprint density at radius 3 is 2.58 bits per heavy atom. The van der Waals surface area contributed by atoms with Crippen LogP contribution in [0.25, 0.3) is 0 Å². The first kappa shape index (κ1) is 20.6. The van der Waals surface area contributed by atoms with Gasteiger partial charge in [-0.3, -0.25) is 4.90 Å². The first-order valence-corrected chi connectivity index (χ1v) is 9.26. The minimum atomic E-state index is -2.63. The van der Waals surface area contributed by atoms with E-state index in [2.05, 4.69) is 0 Å². The Bertz CT molecular complexity index is 573. The van der Waals surface area contributed by atoms with Gasteiger partial charge in [-0.15, -0.1) is 0 Å². The fourth-order valence-electron chi connectivity index (χ4n) is 3.16. The molecule has 26 heavy (non-hydrogen) atoms. The van der Waals surface area contributed by atoms with Gasteiger partial charge in [-0.05, 0) is 45.7 Å². The Balaban J connectivity index is 1.82. The van der Waals surface area contributed by atoms with Crippen molar-refractivity contribution in [3.63, 3.8) is 0 Å². The molecule has 1 aromatic rings. The molecular weight excluding hydrogens is 338 g/mol. The van der Waals surface area contributed by atoms with Gasteiger partial charge in [-0.2, -0.15) is 0 Å². The number of carbonyl (C=O) groups is 1. The molecule has 0 unspecified atom stereocenters. The molecule has 0 radical (unpaired) electrons. The van der Waals surface area contributed by atoms with Crippen molar-refractivity contribution in [2.45, 2.75) is 51.5 Å². The fourth-order valence-corrected chi connectivity index (χ4v) is 3.16. The van der Waals surface area contributed by atoms with Crippen LogP contribution in [0.3, 0.4) is 0 Å². The van der Waals surface area contributed by atoms with Crippen molar-refractivity contribution in [1.29, 1.82) is 0 Å². The maximum absolute atomic E-state index is 13.4. The Labute approximate surface area is 155 Å². The highest BCUT2D eigenvalue weighted by atomic mass is 19.3. The highest BCUT2D eigenvalue weighted by Gasteiger charge is 2.35. The lowest BCUT2D eigenvalue weighted by Gasteiger charge is -2.35. The Morgan fingerprint density at radius 1 is 1.27 bits per heavy atom. The average Bonchev–Trinajstić information content (AvgIpc) is 2.54. The second-order valence-electron chi connectivity index (χ2n) is 7.91. The van der Waals surface area contributed by atoms with Crippen LogP contribution in [0, 0.1) is 0 Å². The predicted molar refractivity (Wildman–Crippen MR) is 98.6 cm³/mol. The van der Waals surface area contributed by atoms with Crippen LogP contribution < -0.4 is 0 Å². The number of nitrogens with zero attached hydrogens (tertiary/aromatic N) is 2. The summed E-state index contributed by atoms with van der Waals surface area (Å²) in [5, 5.41) is 0. The summed E-state index contributed by atoms with van der Waals surface area (Å²) in [4.78, 5) is 15.9. The Hall–Kier alpha value is -1.69. The summed E-state index contributed by atoms with van der Waals surface area (Å²) in [6, 6.07) is 9.97. The van der Waals surface area contributed by atoms with Crippen LogP contribution in [-0.2, 0) is 11.2 Å². The number of likely N-dealkylation sites (tertiary alicyclic amines) is 1. The van der Waals surface area contributed by atoms with Crippen LogP contribution in [0.4, 0.5) is 13.6 Å². The van der Waals surface area contributed by atoms with Gasteiger partial charge in [-0.1, -0.05) is 30.3 Å². The quantitative estimate of drug-likeness (QED) is 0.754. The van der Waals surface area contributed by atoms with Gasteiger partial charge >= 0.3 is 6.09 Å². The van der Waals surface area contributed by atoms with E-state index < -0.39 is 12.0 Å². The van der Waals surface area contributed by atoms with Crippen molar-refractivity contribution < 1.29 is 18.3 Å². The zero-order valence-electron chi connectivity index (χ0n) is 16.0. The Kier molecular flexibility index (Phi) is 6.98. The number of benzene rings is 1. The lowest BCUT2D eigenvalue weighted by atomic mass is 10.1. The topological polar surface area (TPSA) is 32.8 Å². The van der Waals surface area contributed by atoms with Crippen molar-refractivity contribution in [1.82, 2.24) is 9.80 Å². The van der Waals surface area contributed by atoms with E-state index in [0.717, 1.165) is 12.0 Å². The van der Waals surface area contributed by atoms with Gasteiger partial charge in [0.05, 0.1) is 6.54 Å². The van der Waals surface area contributed by atoms with Crippen molar-refractivity contribution >= 4 is 6.09 Å². The van der Waals surface area contributed by atoms with E-state index >= 15 is 0 Å². The van der Waals surface area contributed by atoms with Gasteiger partial charge < -0.3 is 9.64 Å². The van der Waals surface area contributed by atoms with Crippen molar-refractivity contribution in [3.05, 3.63) is 35.9 Å². The lowest BCUT2D eigenvalue weighted by molar-refractivity contribution is -0.0671. The number of ether oxygens (including phenoxy) is 1. The predicted octanol–water partition coefficient (Wildman–Crippen LogP) is 4.20. The van der Waals surface area contributed by atoms with Crippen LogP contribution in [0.1, 0.15) is 39.2 Å². The monoisotopic (exact) mass is 368 g/mol. The van der Waals surface area contributed by atoms with Gasteiger partial charge in [0, 0.05) is 25.0 Å². The van der Waals surface area contributed by atoms with Crippen molar-refractivity contribution in [2.75, 3.05) is 32.8 Å². The van der Waals surface area contributed by atoms with E-state index in [9.17, 15) is 13.6 Å². The second kappa shape index (κ2) is 8.80. The average molecular weight is 368 g/mol. The van der Waals surface area contributed by atoms with Gasteiger partial charge in [0.25, 0.3) is 5.92 Å². The highest BCUT2D eigenvalue weighted by Crippen LogP contribution is 2.26. The molecule has 0 N–H and O–H groups in total. The van der Waals surface area contributed by atoms with E-state index in [4.69, 9.17) is 4.74 Å². The van der Waals surface area contributed by atoms with E-state index in [-0.39, 0.29) is 25.1 Å². The SMILES string of the molecule is CC(C)(C)N(CCc1ccccc1)C(=O)OCCN1CCCC(F)(F)C1. The van der Waals surface area contributed by atoms with Crippen molar-refractivity contribution in [2.24, 2.45) is 0 Å². The molecule has 1 fully saturated rings. The lowest BCUT2D eigenvalue weighted by Crippen LogP contribution is -2.48. The normalized spacial score (nSPS) is 17.7. The van der Waals surface area contributed by atoms with E-state index in [1.165, 1.54) is 0 Å². The minimum Gasteiger partial charge on any atom is -0.448 e. The summed E-state index contributed by atoms with van der Waals surface area (Å²) in [5.74, 6) is -2.63. The molecule has 146 valence electrons. The third-order valence-electron chi connectivity index (χ3n) is 4.60. The molecule has 1 amide bonds. The summed E-state index contributed by atoms with van der Waals surface area (Å²) < 4.78 is 32.2. The largest absolute Gasteiger partial charge is 0.448 e. The zero-order valence-corrected chi connectivity index (χ0v) is 16.0. The molecule has 0 aromatic heterocycles. The number of amides is 1. The fraction of sp³-hybridized carbons (Fsp3) is 0.650. The molecule has 4 nitrogen and oxygen atoms in total. The number of alkyl halides is 2. The molecule has 1 aliphatic heterocycles. The molecule has 1 saturated heterocycles. The summed E-state index contributed by atoms with van der Waals surface area (Å²) in [6.45, 7) is 7.30. The van der Waals surface area contributed by atoms with Crippen LogP contribution in [0.15, 0.2) is 30.3 Å². The third kappa shape index (κ3) is 6.56. The minimum absolute atomic E-state index is 0.0550. The number of piperidine rings is 1. The van der Waals surface area contributed by atoms with Crippen LogP contribution in [0.5, 0.6) is 0 Å². The van der Waals surface area contributed by atoms with Crippen LogP contribution in [0.2, 0.25) is 0 Å². The smallest absolute Gasteiger partial charge is 0.410 e. The number of hydrogen-bond donors (Lipinski definition) is 0. The maximum atomic E-state index is 13.4. The summed E-state index contributed by atoms with van der Waals surface area (Å²) in [7, 11) is 0. The van der Waals surface area contributed by atoms with E-state index in [1.54, 1.807) is 9.80 Å². The standard InChI is InChI=1S/C20H30F2N2O2/c1-19(2,3)24(13-10-17-8-5-4-6-9-17)18(25)26-15-14-23-12-7-11-20(21,22)16-23/h4-6,8-9H,7,10-16H2,1-3H3. The number of carbonyl (C=O) groups excluding carboxylic acids is 1. The molecule has 1 aliphatic rings. The van der Waals surface area contributed by atoms with Crippen molar-refractivity contribution in [3.8, 4) is 0 Å². The van der Waals surface area contributed by atoms with E-state index in [1.807, 2.05) is 51.1 Å². The van der Waals surface area contributed by atoms with Gasteiger partial charge in [0.15, 0.2) is 0 Å². The molecule has 1 aromatic carbocycles. The summed E-state index contributed by atoms with van der Waals surface area (Å²) in [6.07, 6.45) is 0.773. The number of hydrogen-bond acceptors (Lipinski definition) is 3. The Morgan fingerprint density at radius 2 is 1.96 bits per heavy atom. The number of halogens is 2. The molecular formula is C20H30F2N2O2. The summed E-state index contributed by atoms with van der Waals surface area (Å²) >= 11 is 0. The van der Waals surface area contributed by atoms with Crippen LogP contribution in [-0.4, -0.2) is 60.1 Å². The molecule has 6 heteroatoms. The van der Waals surface area contributed by atoms with Gasteiger partial charge in [0.1, 0.15) is 6.61 Å². The van der Waals surface area contributed by atoms with Crippen LogP contribution >= 0.6 is 0 Å². The third-order valence-corrected chi connectivity index (χ3v) is 4.60. The first-order chi connectivity index (χ1) is 12.2. The molecule has 0 atom stereocenters. The van der Waals surface area contributed by atoms with Gasteiger partial charge in [0.2, 0.25) is 0 Å². The van der Waals surface area contributed by atoms with E-state index in [0.29, 0.717) is 26.1 Å². The highest BCUT2D eigenvalue weighted by molar-refractivity contribution is 5.68. The molecule has 0 saturated carbocycles. The molecule has 1 heterocycles. The molecule has 0 aliphatic carbocycles. The summed E-state index contributed by atoms with van der Waals surface area (Å²) in [5.41, 5.74) is 0.786. The number of rotatable bonds is 6. The zero-order chi connectivity index (χ0) is 19.2.